The maximum absolute atomic E-state index is 13.7. The summed E-state index contributed by atoms with van der Waals surface area (Å²) in [6.07, 6.45) is 1.91. The lowest BCUT2D eigenvalue weighted by Crippen LogP contribution is -2.12. The Morgan fingerprint density at radius 2 is 2.05 bits per heavy atom. The van der Waals surface area contributed by atoms with Crippen LogP contribution in [0.4, 0.5) is 4.39 Å². The summed E-state index contributed by atoms with van der Waals surface area (Å²) in [5, 5.41) is 7.05. The first-order chi connectivity index (χ1) is 9.66. The third-order valence-electron chi connectivity index (χ3n) is 3.13. The molecule has 3 aromatic rings. The summed E-state index contributed by atoms with van der Waals surface area (Å²) in [6.45, 7) is 0. The standard InChI is InChI=1S/C14H11FN4O/c15-10-4-2-1-3-8(10)7-9-5-6-17-14-11(9)12(13(16)20)18-19-14/h1-6H,7H2,(H2,16,20)(H,17,18,19). The molecule has 0 fully saturated rings. The summed E-state index contributed by atoms with van der Waals surface area (Å²) in [5.41, 5.74) is 7.19. The number of rotatable bonds is 3. The zero-order valence-electron chi connectivity index (χ0n) is 10.4. The smallest absolute Gasteiger partial charge is 0.267 e. The van der Waals surface area contributed by atoms with Crippen molar-refractivity contribution in [1.29, 1.82) is 0 Å². The van der Waals surface area contributed by atoms with E-state index in [1.165, 1.54) is 6.07 Å². The van der Waals surface area contributed by atoms with Gasteiger partial charge in [0.15, 0.2) is 5.65 Å². The van der Waals surface area contributed by atoms with Crippen molar-refractivity contribution >= 4 is 16.9 Å². The number of fused-ring (bicyclic) bond motifs is 1. The van der Waals surface area contributed by atoms with Gasteiger partial charge in [-0.3, -0.25) is 9.89 Å². The summed E-state index contributed by atoms with van der Waals surface area (Å²) in [5.74, 6) is -0.906. The molecule has 1 aromatic carbocycles. The largest absolute Gasteiger partial charge is 0.364 e. The summed E-state index contributed by atoms with van der Waals surface area (Å²) in [7, 11) is 0. The Morgan fingerprint density at radius 1 is 1.25 bits per heavy atom. The van der Waals surface area contributed by atoms with Crippen LogP contribution >= 0.6 is 0 Å². The number of hydrogen-bond donors (Lipinski definition) is 2. The highest BCUT2D eigenvalue weighted by Crippen LogP contribution is 2.22. The molecule has 2 heterocycles. The van der Waals surface area contributed by atoms with Crippen molar-refractivity contribution in [3.05, 3.63) is 59.2 Å². The van der Waals surface area contributed by atoms with Gasteiger partial charge in [0.05, 0.1) is 5.39 Å². The highest BCUT2D eigenvalue weighted by molar-refractivity contribution is 6.04. The van der Waals surface area contributed by atoms with Crippen LogP contribution in [0.5, 0.6) is 0 Å². The van der Waals surface area contributed by atoms with Crippen LogP contribution in [0.2, 0.25) is 0 Å². The van der Waals surface area contributed by atoms with Gasteiger partial charge in [-0.1, -0.05) is 18.2 Å². The van der Waals surface area contributed by atoms with E-state index in [1.807, 2.05) is 0 Å². The van der Waals surface area contributed by atoms with Crippen LogP contribution in [0.3, 0.4) is 0 Å². The van der Waals surface area contributed by atoms with E-state index in [4.69, 9.17) is 5.73 Å². The van der Waals surface area contributed by atoms with Crippen LogP contribution < -0.4 is 5.73 Å². The number of aromatic amines is 1. The van der Waals surface area contributed by atoms with Crippen molar-refractivity contribution in [2.24, 2.45) is 5.73 Å². The molecule has 6 heteroatoms. The van der Waals surface area contributed by atoms with E-state index in [-0.39, 0.29) is 11.5 Å². The van der Waals surface area contributed by atoms with Crippen LogP contribution in [0, 0.1) is 5.82 Å². The fourth-order valence-electron chi connectivity index (χ4n) is 2.18. The predicted molar refractivity (Wildman–Crippen MR) is 71.6 cm³/mol. The molecule has 1 amide bonds. The molecule has 0 saturated heterocycles. The van der Waals surface area contributed by atoms with Gasteiger partial charge in [-0.2, -0.15) is 5.10 Å². The maximum atomic E-state index is 13.7. The molecule has 0 aliphatic heterocycles. The van der Waals surface area contributed by atoms with Gasteiger partial charge in [-0.15, -0.1) is 0 Å². The molecule has 0 aliphatic rings. The van der Waals surface area contributed by atoms with E-state index in [2.05, 4.69) is 15.2 Å². The van der Waals surface area contributed by atoms with Crippen molar-refractivity contribution in [3.8, 4) is 0 Å². The summed E-state index contributed by atoms with van der Waals surface area (Å²) in [4.78, 5) is 15.5. The van der Waals surface area contributed by atoms with Gasteiger partial charge in [0.2, 0.25) is 0 Å². The second kappa shape index (κ2) is 4.73. The Kier molecular flexibility index (Phi) is 2.90. The summed E-state index contributed by atoms with van der Waals surface area (Å²) >= 11 is 0. The van der Waals surface area contributed by atoms with E-state index >= 15 is 0 Å². The Bertz CT molecular complexity index is 797. The van der Waals surface area contributed by atoms with Crippen LogP contribution in [0.15, 0.2) is 36.5 Å². The Hall–Kier alpha value is -2.76. The average Bonchev–Trinajstić information content (AvgIpc) is 2.86. The van der Waals surface area contributed by atoms with E-state index in [0.29, 0.717) is 23.0 Å². The van der Waals surface area contributed by atoms with Gasteiger partial charge >= 0.3 is 0 Å². The van der Waals surface area contributed by atoms with E-state index in [0.717, 1.165) is 5.56 Å². The normalized spacial score (nSPS) is 10.8. The first-order valence-corrected chi connectivity index (χ1v) is 6.02. The van der Waals surface area contributed by atoms with Gasteiger partial charge in [0.1, 0.15) is 11.5 Å². The van der Waals surface area contributed by atoms with E-state index in [9.17, 15) is 9.18 Å². The van der Waals surface area contributed by atoms with Crippen molar-refractivity contribution in [2.45, 2.75) is 6.42 Å². The second-order valence-corrected chi connectivity index (χ2v) is 4.40. The molecule has 100 valence electrons. The number of primary amides is 1. The molecule has 0 spiro atoms. The number of aromatic nitrogens is 3. The summed E-state index contributed by atoms with van der Waals surface area (Å²) < 4.78 is 13.7. The lowest BCUT2D eigenvalue weighted by atomic mass is 10.0. The highest BCUT2D eigenvalue weighted by Gasteiger charge is 2.16. The molecule has 0 unspecified atom stereocenters. The molecular formula is C14H11FN4O. The van der Waals surface area contributed by atoms with E-state index in [1.54, 1.807) is 30.5 Å². The number of amides is 1. The van der Waals surface area contributed by atoms with Crippen molar-refractivity contribution in [1.82, 2.24) is 15.2 Å². The number of hydrogen-bond acceptors (Lipinski definition) is 3. The molecule has 3 rings (SSSR count). The minimum absolute atomic E-state index is 0.194. The number of nitrogens with two attached hydrogens (primary N) is 1. The third-order valence-corrected chi connectivity index (χ3v) is 3.13. The fraction of sp³-hybridized carbons (Fsp3) is 0.0714. The Balaban J connectivity index is 2.14. The topological polar surface area (TPSA) is 84.7 Å². The number of halogens is 1. The molecule has 20 heavy (non-hydrogen) atoms. The number of carbonyl (C=O) groups excluding carboxylic acids is 1. The van der Waals surface area contributed by atoms with Crippen molar-refractivity contribution in [2.75, 3.05) is 0 Å². The van der Waals surface area contributed by atoms with Gasteiger partial charge in [0.25, 0.3) is 5.91 Å². The fourth-order valence-corrected chi connectivity index (χ4v) is 2.18. The van der Waals surface area contributed by atoms with Gasteiger partial charge in [0, 0.05) is 12.6 Å². The minimum Gasteiger partial charge on any atom is -0.364 e. The first-order valence-electron chi connectivity index (χ1n) is 6.02. The molecule has 0 atom stereocenters. The summed E-state index contributed by atoms with van der Waals surface area (Å²) in [6, 6.07) is 8.23. The number of nitrogens with zero attached hydrogens (tertiary/aromatic N) is 2. The monoisotopic (exact) mass is 270 g/mol. The molecule has 0 radical (unpaired) electrons. The van der Waals surface area contributed by atoms with Gasteiger partial charge < -0.3 is 5.73 Å². The zero-order chi connectivity index (χ0) is 14.1. The lowest BCUT2D eigenvalue weighted by Gasteiger charge is -2.05. The number of pyridine rings is 1. The van der Waals surface area contributed by atoms with Crippen LogP contribution in [-0.4, -0.2) is 21.1 Å². The van der Waals surface area contributed by atoms with Crippen LogP contribution in [-0.2, 0) is 6.42 Å². The SMILES string of the molecule is NC(=O)c1[nH]nc2nccc(Cc3ccccc3F)c12. The molecule has 3 N–H and O–H groups in total. The number of carbonyl (C=O) groups is 1. The average molecular weight is 270 g/mol. The maximum Gasteiger partial charge on any atom is 0.267 e. The molecule has 0 bridgehead atoms. The molecule has 0 saturated carbocycles. The lowest BCUT2D eigenvalue weighted by molar-refractivity contribution is 0.0997. The Labute approximate surface area is 113 Å². The quantitative estimate of drug-likeness (QED) is 0.760. The molecule has 5 nitrogen and oxygen atoms in total. The third kappa shape index (κ3) is 2.01. The zero-order valence-corrected chi connectivity index (χ0v) is 10.4. The van der Waals surface area contributed by atoms with Crippen molar-refractivity contribution < 1.29 is 9.18 Å². The second-order valence-electron chi connectivity index (χ2n) is 4.40. The van der Waals surface area contributed by atoms with Gasteiger partial charge in [-0.25, -0.2) is 9.37 Å². The first kappa shape index (κ1) is 12.3. The highest BCUT2D eigenvalue weighted by atomic mass is 19.1. The van der Waals surface area contributed by atoms with Gasteiger partial charge in [-0.05, 0) is 23.3 Å². The number of nitrogens with one attached hydrogen (secondary N) is 1. The van der Waals surface area contributed by atoms with Crippen LogP contribution in [0.1, 0.15) is 21.6 Å². The number of benzene rings is 1. The minimum atomic E-state index is -0.615. The molecular weight excluding hydrogens is 259 g/mol. The van der Waals surface area contributed by atoms with Crippen LogP contribution in [0.25, 0.3) is 11.0 Å². The number of H-pyrrole nitrogens is 1. The van der Waals surface area contributed by atoms with E-state index < -0.39 is 5.91 Å². The molecule has 0 aliphatic carbocycles. The Morgan fingerprint density at radius 3 is 2.80 bits per heavy atom. The van der Waals surface area contributed by atoms with Crippen molar-refractivity contribution in [3.63, 3.8) is 0 Å². The molecule has 2 aromatic heterocycles. The predicted octanol–water partition coefficient (Wildman–Crippen LogP) is 1.79.